The number of piperidine rings is 1. The average molecular weight is 445 g/mol. The smallest absolute Gasteiger partial charge is 0.193 e. The summed E-state index contributed by atoms with van der Waals surface area (Å²) in [6, 6.07) is 10.1. The molecule has 0 amide bonds. The van der Waals surface area contributed by atoms with Crippen molar-refractivity contribution >= 4 is 29.9 Å². The molecule has 1 aliphatic heterocycles. The van der Waals surface area contributed by atoms with Crippen molar-refractivity contribution in [2.75, 3.05) is 26.7 Å². The lowest BCUT2D eigenvalue weighted by atomic mass is 9.92. The maximum absolute atomic E-state index is 6.06. The Bertz CT molecular complexity index is 491. The zero-order valence-corrected chi connectivity index (χ0v) is 17.7. The summed E-state index contributed by atoms with van der Waals surface area (Å²) >= 11 is 0. The van der Waals surface area contributed by atoms with E-state index >= 15 is 0 Å². The minimum atomic E-state index is 0. The van der Waals surface area contributed by atoms with Crippen molar-refractivity contribution in [1.82, 2.24) is 10.2 Å². The largest absolute Gasteiger partial charge is 0.490 e. The minimum Gasteiger partial charge on any atom is -0.490 e. The van der Waals surface area contributed by atoms with Crippen LogP contribution in [-0.4, -0.2) is 43.6 Å². The van der Waals surface area contributed by atoms with Crippen molar-refractivity contribution in [2.45, 2.75) is 46.1 Å². The Kier molecular flexibility index (Phi) is 8.87. The van der Waals surface area contributed by atoms with E-state index in [0.717, 1.165) is 50.6 Å². The average Bonchev–Trinajstić information content (AvgIpc) is 2.53. The normalized spacial score (nSPS) is 16.5. The van der Waals surface area contributed by atoms with E-state index < -0.39 is 0 Å². The van der Waals surface area contributed by atoms with Gasteiger partial charge in [0.25, 0.3) is 0 Å². The zero-order valence-electron chi connectivity index (χ0n) is 15.4. The van der Waals surface area contributed by atoms with Crippen molar-refractivity contribution < 1.29 is 4.74 Å². The van der Waals surface area contributed by atoms with Crippen LogP contribution >= 0.6 is 24.0 Å². The van der Waals surface area contributed by atoms with Gasteiger partial charge in [-0.05, 0) is 24.0 Å². The third-order valence-electron chi connectivity index (χ3n) is 4.16. The minimum absolute atomic E-state index is 0. The Hall–Kier alpha value is -0.980. The molecule has 0 atom stereocenters. The van der Waals surface area contributed by atoms with E-state index in [9.17, 15) is 0 Å². The van der Waals surface area contributed by atoms with Crippen molar-refractivity contribution in [2.24, 2.45) is 10.4 Å². The summed E-state index contributed by atoms with van der Waals surface area (Å²) in [5, 5.41) is 3.50. The summed E-state index contributed by atoms with van der Waals surface area (Å²) in [5.74, 6) is 1.99. The Morgan fingerprint density at radius 1 is 1.21 bits per heavy atom. The first-order valence-electron chi connectivity index (χ1n) is 8.65. The van der Waals surface area contributed by atoms with Crippen LogP contribution in [0.1, 0.15) is 40.0 Å². The zero-order chi connectivity index (χ0) is 16.7. The molecule has 0 unspecified atom stereocenters. The van der Waals surface area contributed by atoms with Crippen molar-refractivity contribution in [3.63, 3.8) is 0 Å². The van der Waals surface area contributed by atoms with Crippen LogP contribution in [0.15, 0.2) is 35.3 Å². The number of nitrogens with one attached hydrogen (secondary N) is 1. The molecular weight excluding hydrogens is 413 g/mol. The molecule has 0 aromatic heterocycles. The highest BCUT2D eigenvalue weighted by molar-refractivity contribution is 14.0. The second-order valence-electron chi connectivity index (χ2n) is 7.40. The quantitative estimate of drug-likeness (QED) is 0.430. The molecule has 0 radical (unpaired) electrons. The SMILES string of the molecule is CN=C(NCCC(C)(C)C)N1CCC(Oc2ccccc2)CC1.I. The van der Waals surface area contributed by atoms with Crippen LogP contribution in [0.5, 0.6) is 5.75 Å². The molecular formula is C19H32IN3O. The van der Waals surface area contributed by atoms with Gasteiger partial charge in [-0.3, -0.25) is 4.99 Å². The molecule has 1 fully saturated rings. The summed E-state index contributed by atoms with van der Waals surface area (Å²) < 4.78 is 6.06. The molecule has 1 N–H and O–H groups in total. The highest BCUT2D eigenvalue weighted by Crippen LogP contribution is 2.19. The molecule has 1 aromatic carbocycles. The Morgan fingerprint density at radius 3 is 2.38 bits per heavy atom. The van der Waals surface area contributed by atoms with Gasteiger partial charge in [0.2, 0.25) is 0 Å². The molecule has 4 nitrogen and oxygen atoms in total. The van der Waals surface area contributed by atoms with E-state index in [1.165, 1.54) is 0 Å². The van der Waals surface area contributed by atoms with Gasteiger partial charge >= 0.3 is 0 Å². The lowest BCUT2D eigenvalue weighted by molar-refractivity contribution is 0.129. The fourth-order valence-electron chi connectivity index (χ4n) is 2.76. The van der Waals surface area contributed by atoms with Crippen molar-refractivity contribution in [3.05, 3.63) is 30.3 Å². The molecule has 2 rings (SSSR count). The predicted molar refractivity (Wildman–Crippen MR) is 113 cm³/mol. The summed E-state index contributed by atoms with van der Waals surface area (Å²) in [4.78, 5) is 6.77. The maximum Gasteiger partial charge on any atom is 0.193 e. The number of aliphatic imine (C=N–C) groups is 1. The van der Waals surface area contributed by atoms with Gasteiger partial charge in [-0.25, -0.2) is 0 Å². The summed E-state index contributed by atoms with van der Waals surface area (Å²) in [6.45, 7) is 9.76. The molecule has 5 heteroatoms. The lowest BCUT2D eigenvalue weighted by Crippen LogP contribution is -2.48. The molecule has 1 heterocycles. The third kappa shape index (κ3) is 7.28. The van der Waals surface area contributed by atoms with Crippen LogP contribution < -0.4 is 10.1 Å². The predicted octanol–water partition coefficient (Wildman–Crippen LogP) is 4.16. The number of rotatable bonds is 4. The molecule has 0 bridgehead atoms. The maximum atomic E-state index is 6.06. The molecule has 0 saturated carbocycles. The first-order chi connectivity index (χ1) is 11.0. The van der Waals surface area contributed by atoms with Gasteiger partial charge in [0.05, 0.1) is 0 Å². The number of likely N-dealkylation sites (tertiary alicyclic amines) is 1. The number of hydrogen-bond acceptors (Lipinski definition) is 2. The first-order valence-corrected chi connectivity index (χ1v) is 8.65. The standard InChI is InChI=1S/C19H31N3O.HI/c1-19(2,3)12-13-21-18(20-4)22-14-10-17(11-15-22)23-16-8-6-5-7-9-16;/h5-9,17H,10-15H2,1-4H3,(H,20,21);1H. The number of benzene rings is 1. The van der Waals surface area contributed by atoms with Gasteiger partial charge < -0.3 is 15.0 Å². The number of ether oxygens (including phenoxy) is 1. The van der Waals surface area contributed by atoms with Crippen LogP contribution in [0.2, 0.25) is 0 Å². The highest BCUT2D eigenvalue weighted by Gasteiger charge is 2.22. The Balaban J connectivity index is 0.00000288. The van der Waals surface area contributed by atoms with E-state index in [1.807, 2.05) is 37.4 Å². The van der Waals surface area contributed by atoms with Gasteiger partial charge in [0, 0.05) is 39.5 Å². The summed E-state index contributed by atoms with van der Waals surface area (Å²) in [6.07, 6.45) is 3.52. The van der Waals surface area contributed by atoms with Gasteiger partial charge in [-0.15, -0.1) is 24.0 Å². The fourth-order valence-corrected chi connectivity index (χ4v) is 2.76. The number of para-hydroxylation sites is 1. The third-order valence-corrected chi connectivity index (χ3v) is 4.16. The fraction of sp³-hybridized carbons (Fsp3) is 0.632. The lowest BCUT2D eigenvalue weighted by Gasteiger charge is -2.34. The molecule has 1 aliphatic rings. The van der Waals surface area contributed by atoms with E-state index in [-0.39, 0.29) is 24.0 Å². The van der Waals surface area contributed by atoms with Crippen LogP contribution in [-0.2, 0) is 0 Å². The van der Waals surface area contributed by atoms with E-state index in [2.05, 4.69) is 36.0 Å². The number of halogens is 1. The van der Waals surface area contributed by atoms with E-state index in [4.69, 9.17) is 4.74 Å². The van der Waals surface area contributed by atoms with Gasteiger partial charge in [-0.2, -0.15) is 0 Å². The van der Waals surface area contributed by atoms with Crippen LogP contribution in [0.25, 0.3) is 0 Å². The van der Waals surface area contributed by atoms with Crippen LogP contribution in [0.3, 0.4) is 0 Å². The monoisotopic (exact) mass is 445 g/mol. The molecule has 1 saturated heterocycles. The number of hydrogen-bond donors (Lipinski definition) is 1. The summed E-state index contributed by atoms with van der Waals surface area (Å²) in [7, 11) is 1.87. The highest BCUT2D eigenvalue weighted by atomic mass is 127. The number of nitrogens with zero attached hydrogens (tertiary/aromatic N) is 2. The molecule has 1 aromatic rings. The first kappa shape index (κ1) is 21.1. The Morgan fingerprint density at radius 2 is 1.83 bits per heavy atom. The van der Waals surface area contributed by atoms with E-state index in [0.29, 0.717) is 11.5 Å². The molecule has 24 heavy (non-hydrogen) atoms. The van der Waals surface area contributed by atoms with Gasteiger partial charge in [-0.1, -0.05) is 39.0 Å². The van der Waals surface area contributed by atoms with Gasteiger partial charge in [0.15, 0.2) is 5.96 Å². The van der Waals surface area contributed by atoms with Crippen molar-refractivity contribution in [1.29, 1.82) is 0 Å². The second kappa shape index (κ2) is 10.1. The Labute approximate surface area is 164 Å². The molecule has 0 aliphatic carbocycles. The van der Waals surface area contributed by atoms with Gasteiger partial charge in [0.1, 0.15) is 11.9 Å². The number of guanidine groups is 1. The van der Waals surface area contributed by atoms with Crippen LogP contribution in [0.4, 0.5) is 0 Å². The van der Waals surface area contributed by atoms with Crippen LogP contribution in [0, 0.1) is 5.41 Å². The van der Waals surface area contributed by atoms with E-state index in [1.54, 1.807) is 0 Å². The van der Waals surface area contributed by atoms with Crippen molar-refractivity contribution in [3.8, 4) is 5.75 Å². The molecule has 0 spiro atoms. The summed E-state index contributed by atoms with van der Waals surface area (Å²) in [5.41, 5.74) is 0.350. The second-order valence-corrected chi connectivity index (χ2v) is 7.40. The molecule has 136 valence electrons. The topological polar surface area (TPSA) is 36.9 Å².